The van der Waals surface area contributed by atoms with E-state index >= 15 is 0 Å². The molecule has 3 heterocycles. The van der Waals surface area contributed by atoms with Gasteiger partial charge in [0.05, 0.1) is 28.5 Å². The number of para-hydroxylation sites is 4. The lowest BCUT2D eigenvalue weighted by Crippen LogP contribution is -2.13. The molecule has 0 aliphatic carbocycles. The van der Waals surface area contributed by atoms with Crippen molar-refractivity contribution in [2.45, 2.75) is 33.7 Å². The highest BCUT2D eigenvalue weighted by Crippen LogP contribution is 2.44. The zero-order valence-corrected chi connectivity index (χ0v) is 36.5. The Kier molecular flexibility index (Phi) is 9.73. The Bertz CT molecular complexity index is 3430. The number of aromatic nitrogens is 4. The minimum absolute atomic E-state index is 0.318. The fourth-order valence-electron chi connectivity index (χ4n) is 9.72. The molecule has 0 unspecified atom stereocenters. The molecular weight excluding hydrogens is 779 g/mol. The third-order valence-corrected chi connectivity index (χ3v) is 12.7. The number of rotatable bonds is 9. The number of fused-ring (bicyclic) bond motifs is 4. The zero-order chi connectivity index (χ0) is 43.3. The number of aryl methyl sites for hydroxylation is 2. The summed E-state index contributed by atoms with van der Waals surface area (Å²) in [4.78, 5) is 7.59. The van der Waals surface area contributed by atoms with Gasteiger partial charge in [-0.1, -0.05) is 121 Å². The highest BCUT2D eigenvalue weighted by atomic mass is 15.2. The summed E-state index contributed by atoms with van der Waals surface area (Å²) in [5.74, 6) is 0.862. The van der Waals surface area contributed by atoms with Gasteiger partial charge in [-0.2, -0.15) is 4.57 Å². The lowest BCUT2D eigenvalue weighted by atomic mass is 9.88. The third kappa shape index (κ3) is 6.65. The SMILES string of the molecule is Cc1cccc(C)c1N(c1cccc(-n2[cH+]n(C(C)C)c3ccccc32)c1)c1ccc2c3ccccc3n(-c3cc(-c4c(-c5ccccc5)cccc4-c4ccccc4)ccn3)c2c1. The molecule has 0 aliphatic rings. The van der Waals surface area contributed by atoms with Crippen molar-refractivity contribution < 1.29 is 0 Å². The first-order valence-corrected chi connectivity index (χ1v) is 22.1. The Balaban J connectivity index is 1.12. The van der Waals surface area contributed by atoms with Crippen LogP contribution in [0.1, 0.15) is 31.0 Å². The van der Waals surface area contributed by atoms with Crippen LogP contribution in [0.2, 0.25) is 0 Å². The maximum Gasteiger partial charge on any atom is 0.191 e. The molecule has 11 rings (SSSR count). The van der Waals surface area contributed by atoms with Crippen LogP contribution in [0.4, 0.5) is 17.1 Å². The second-order valence-corrected chi connectivity index (χ2v) is 17.0. The van der Waals surface area contributed by atoms with Crippen LogP contribution in [0.25, 0.3) is 77.7 Å². The van der Waals surface area contributed by atoms with E-state index in [-0.39, 0.29) is 0 Å². The largest absolute Gasteiger partial charge is 0.309 e. The quantitative estimate of drug-likeness (QED) is 0.136. The molecule has 0 saturated heterocycles. The van der Waals surface area contributed by atoms with Crippen LogP contribution in [0.3, 0.4) is 0 Å². The molecule has 3 aromatic heterocycles. The van der Waals surface area contributed by atoms with Crippen LogP contribution in [-0.2, 0) is 0 Å². The first-order valence-electron chi connectivity index (χ1n) is 22.1. The number of pyridine rings is 1. The van der Waals surface area contributed by atoms with Gasteiger partial charge in [0.2, 0.25) is 0 Å². The van der Waals surface area contributed by atoms with Crippen molar-refractivity contribution >= 4 is 49.9 Å². The van der Waals surface area contributed by atoms with Gasteiger partial charge in [-0.15, -0.1) is 0 Å². The smallest absolute Gasteiger partial charge is 0.191 e. The van der Waals surface area contributed by atoms with E-state index in [1.165, 1.54) is 66.4 Å². The molecule has 0 bridgehead atoms. The Morgan fingerprint density at radius 3 is 1.78 bits per heavy atom. The second kappa shape index (κ2) is 16.0. The highest BCUT2D eigenvalue weighted by molar-refractivity contribution is 6.10. The molecule has 308 valence electrons. The molecule has 0 atom stereocenters. The van der Waals surface area contributed by atoms with Crippen LogP contribution >= 0.6 is 0 Å². The van der Waals surface area contributed by atoms with Gasteiger partial charge in [0, 0.05) is 46.9 Å². The number of nitrogens with zero attached hydrogens (tertiary/aromatic N) is 5. The van der Waals surface area contributed by atoms with Crippen molar-refractivity contribution in [3.63, 3.8) is 0 Å². The number of imidazole rings is 1. The van der Waals surface area contributed by atoms with E-state index in [2.05, 4.69) is 253 Å². The standard InChI is InChI=1S/C59H48N5/c1-40(2)61-39-62(55-31-14-13-30-54(55)61)46-24-16-25-47(37-46)63(59-41(3)18-15-19-42(59)4)48-32-33-52-51-26-11-12-29-53(51)64(56(52)38-48)57-36-45(34-35-60-57)58-49(43-20-7-5-8-21-43)27-17-28-50(58)44-22-9-6-10-23-44/h5-40H,1-4H3/q+1. The van der Waals surface area contributed by atoms with Gasteiger partial charge in [0.15, 0.2) is 17.4 Å². The molecule has 8 aromatic carbocycles. The lowest BCUT2D eigenvalue weighted by molar-refractivity contribution is 0.612. The average Bonchev–Trinajstić information content (AvgIpc) is 3.90. The number of hydrogen-bond acceptors (Lipinski definition) is 2. The Morgan fingerprint density at radius 2 is 1.08 bits per heavy atom. The fraction of sp³-hybridized carbons (Fsp3) is 0.0847. The number of benzene rings is 8. The molecule has 0 saturated carbocycles. The molecule has 0 fully saturated rings. The van der Waals surface area contributed by atoms with Crippen LogP contribution < -0.4 is 4.90 Å². The number of hydrogen-bond donors (Lipinski definition) is 0. The first kappa shape index (κ1) is 38.9. The van der Waals surface area contributed by atoms with Crippen molar-refractivity contribution in [2.75, 3.05) is 4.90 Å². The summed E-state index contributed by atoms with van der Waals surface area (Å²) in [7, 11) is 0. The molecule has 0 radical (unpaired) electrons. The second-order valence-electron chi connectivity index (χ2n) is 17.0. The van der Waals surface area contributed by atoms with E-state index in [0.29, 0.717) is 6.04 Å². The normalized spacial score (nSPS) is 11.6. The summed E-state index contributed by atoms with van der Waals surface area (Å²) in [6, 6.07) is 72.6. The Morgan fingerprint density at radius 1 is 0.484 bits per heavy atom. The molecule has 11 aromatic rings. The predicted molar refractivity (Wildman–Crippen MR) is 269 cm³/mol. The van der Waals surface area contributed by atoms with Crippen molar-refractivity contribution in [3.8, 4) is 44.9 Å². The molecule has 0 spiro atoms. The number of anilines is 3. The van der Waals surface area contributed by atoms with Gasteiger partial charge < -0.3 is 4.90 Å². The van der Waals surface area contributed by atoms with Gasteiger partial charge in [0.25, 0.3) is 0 Å². The lowest BCUT2D eigenvalue weighted by Gasteiger charge is -2.29. The zero-order valence-electron chi connectivity index (χ0n) is 36.5. The van der Waals surface area contributed by atoms with E-state index in [1.54, 1.807) is 0 Å². The summed E-state index contributed by atoms with van der Waals surface area (Å²) in [5.41, 5.74) is 18.4. The van der Waals surface area contributed by atoms with E-state index in [9.17, 15) is 0 Å². The predicted octanol–water partition coefficient (Wildman–Crippen LogP) is 15.9. The minimum atomic E-state index is 0.318. The third-order valence-electron chi connectivity index (χ3n) is 12.7. The van der Waals surface area contributed by atoms with Gasteiger partial charge in [-0.05, 0) is 127 Å². The maximum atomic E-state index is 5.16. The maximum absolute atomic E-state index is 5.16. The summed E-state index contributed by atoms with van der Waals surface area (Å²) in [6.07, 6.45) is 4.21. The monoisotopic (exact) mass is 826 g/mol. The Hall–Kier alpha value is -8.02. The molecule has 5 nitrogen and oxygen atoms in total. The van der Waals surface area contributed by atoms with Crippen molar-refractivity contribution in [1.82, 2.24) is 18.7 Å². The topological polar surface area (TPSA) is 30.9 Å². The van der Waals surface area contributed by atoms with Crippen molar-refractivity contribution in [1.29, 1.82) is 0 Å². The van der Waals surface area contributed by atoms with E-state index in [1.807, 2.05) is 6.20 Å². The van der Waals surface area contributed by atoms with Crippen LogP contribution in [0.5, 0.6) is 0 Å². The molecule has 0 amide bonds. The van der Waals surface area contributed by atoms with Gasteiger partial charge in [-0.3, -0.25) is 4.57 Å². The van der Waals surface area contributed by atoms with Crippen LogP contribution in [-0.4, -0.2) is 18.7 Å². The van der Waals surface area contributed by atoms with Crippen molar-refractivity contribution in [3.05, 3.63) is 224 Å². The summed E-state index contributed by atoms with van der Waals surface area (Å²) in [5, 5.41) is 2.36. The van der Waals surface area contributed by atoms with E-state index in [4.69, 9.17) is 4.98 Å². The minimum Gasteiger partial charge on any atom is -0.309 e. The highest BCUT2D eigenvalue weighted by Gasteiger charge is 2.24. The molecule has 0 N–H and O–H groups in total. The van der Waals surface area contributed by atoms with E-state index in [0.717, 1.165) is 39.5 Å². The summed E-state index contributed by atoms with van der Waals surface area (Å²) in [6.45, 7) is 8.91. The Labute approximate surface area is 374 Å². The van der Waals surface area contributed by atoms with Crippen molar-refractivity contribution in [2.24, 2.45) is 0 Å². The van der Waals surface area contributed by atoms with E-state index < -0.39 is 0 Å². The molecular formula is C59H48N5+. The van der Waals surface area contributed by atoms with Gasteiger partial charge in [-0.25, -0.2) is 9.55 Å². The van der Waals surface area contributed by atoms with Crippen LogP contribution in [0.15, 0.2) is 213 Å². The van der Waals surface area contributed by atoms with Gasteiger partial charge >= 0.3 is 0 Å². The summed E-state index contributed by atoms with van der Waals surface area (Å²) >= 11 is 0. The summed E-state index contributed by atoms with van der Waals surface area (Å²) < 4.78 is 7.02. The van der Waals surface area contributed by atoms with Gasteiger partial charge in [0.1, 0.15) is 11.5 Å². The average molecular weight is 827 g/mol. The molecule has 0 aliphatic heterocycles. The van der Waals surface area contributed by atoms with Crippen LogP contribution in [0, 0.1) is 13.8 Å². The fourth-order valence-corrected chi connectivity index (χ4v) is 9.72. The molecule has 64 heavy (non-hydrogen) atoms. The first-order chi connectivity index (χ1) is 31.4. The molecule has 5 heteroatoms.